The number of hydrogen-bond acceptors (Lipinski definition) is 2. The quantitative estimate of drug-likeness (QED) is 0.796. The summed E-state index contributed by atoms with van der Waals surface area (Å²) in [7, 11) is 0. The van der Waals surface area contributed by atoms with Crippen LogP contribution in [0.3, 0.4) is 0 Å². The molecule has 1 aliphatic rings. The first-order valence-electron chi connectivity index (χ1n) is 8.05. The molecule has 0 spiro atoms. The molecule has 4 heteroatoms. The molecule has 0 atom stereocenters. The van der Waals surface area contributed by atoms with Crippen molar-refractivity contribution in [1.82, 2.24) is 5.32 Å². The highest BCUT2D eigenvalue weighted by atomic mass is 35.5. The van der Waals surface area contributed by atoms with Gasteiger partial charge in [-0.15, -0.1) is 0 Å². The minimum absolute atomic E-state index is 0.0543. The number of carbonyl (C=O) groups is 1. The Bertz CT molecular complexity index is 682. The van der Waals surface area contributed by atoms with Crippen LogP contribution in [0.25, 0.3) is 17.4 Å². The summed E-state index contributed by atoms with van der Waals surface area (Å²) in [6.45, 7) is 0. The van der Waals surface area contributed by atoms with E-state index in [1.807, 2.05) is 36.4 Å². The maximum Gasteiger partial charge on any atom is 0.244 e. The highest BCUT2D eigenvalue weighted by Gasteiger charge is 2.14. The van der Waals surface area contributed by atoms with Gasteiger partial charge >= 0.3 is 0 Å². The van der Waals surface area contributed by atoms with Crippen LogP contribution in [-0.4, -0.2) is 11.9 Å². The lowest BCUT2D eigenvalue weighted by molar-refractivity contribution is -0.117. The van der Waals surface area contributed by atoms with Crippen molar-refractivity contribution < 1.29 is 9.21 Å². The minimum Gasteiger partial charge on any atom is -0.457 e. The molecule has 0 saturated heterocycles. The van der Waals surface area contributed by atoms with Crippen molar-refractivity contribution in [2.75, 3.05) is 0 Å². The van der Waals surface area contributed by atoms with E-state index >= 15 is 0 Å². The zero-order chi connectivity index (χ0) is 16.1. The summed E-state index contributed by atoms with van der Waals surface area (Å²) >= 11 is 5.88. The van der Waals surface area contributed by atoms with Crippen molar-refractivity contribution in [1.29, 1.82) is 0 Å². The van der Waals surface area contributed by atoms with Gasteiger partial charge in [0.2, 0.25) is 5.91 Å². The number of rotatable bonds is 4. The number of benzene rings is 1. The predicted octanol–water partition coefficient (Wildman–Crippen LogP) is 5.06. The topological polar surface area (TPSA) is 42.2 Å². The lowest BCUT2D eigenvalue weighted by Gasteiger charge is -2.21. The minimum atomic E-state index is -0.0543. The van der Waals surface area contributed by atoms with Crippen molar-refractivity contribution in [3.63, 3.8) is 0 Å². The van der Waals surface area contributed by atoms with Crippen LogP contribution in [0.2, 0.25) is 5.02 Å². The maximum absolute atomic E-state index is 11.9. The molecule has 1 aliphatic carbocycles. The fourth-order valence-corrected chi connectivity index (χ4v) is 2.99. The SMILES string of the molecule is O=C(/C=C/c1ccc(-c2ccc(Cl)cc2)o1)NC1CCCCC1. The van der Waals surface area contributed by atoms with E-state index in [1.54, 1.807) is 12.2 Å². The van der Waals surface area contributed by atoms with Gasteiger partial charge in [-0.3, -0.25) is 4.79 Å². The number of amides is 1. The van der Waals surface area contributed by atoms with Crippen molar-refractivity contribution in [2.45, 2.75) is 38.1 Å². The number of carbonyl (C=O) groups excluding carboxylic acids is 1. The van der Waals surface area contributed by atoms with Crippen molar-refractivity contribution in [3.8, 4) is 11.3 Å². The van der Waals surface area contributed by atoms with Gasteiger partial charge in [0, 0.05) is 22.7 Å². The van der Waals surface area contributed by atoms with E-state index in [-0.39, 0.29) is 5.91 Å². The van der Waals surface area contributed by atoms with Crippen LogP contribution in [0, 0.1) is 0 Å². The molecule has 23 heavy (non-hydrogen) atoms. The van der Waals surface area contributed by atoms with E-state index in [2.05, 4.69) is 5.32 Å². The summed E-state index contributed by atoms with van der Waals surface area (Å²) in [5, 5.41) is 3.75. The first-order chi connectivity index (χ1) is 11.2. The Labute approximate surface area is 141 Å². The summed E-state index contributed by atoms with van der Waals surface area (Å²) in [4.78, 5) is 11.9. The first kappa shape index (κ1) is 15.9. The van der Waals surface area contributed by atoms with E-state index in [9.17, 15) is 4.79 Å². The van der Waals surface area contributed by atoms with Gasteiger partial charge in [-0.2, -0.15) is 0 Å². The van der Waals surface area contributed by atoms with Gasteiger partial charge in [-0.25, -0.2) is 0 Å². The van der Waals surface area contributed by atoms with Gasteiger partial charge in [0.1, 0.15) is 11.5 Å². The molecule has 0 radical (unpaired) electrons. The predicted molar refractivity (Wildman–Crippen MR) is 93.2 cm³/mol. The van der Waals surface area contributed by atoms with Crippen LogP contribution >= 0.6 is 11.6 Å². The van der Waals surface area contributed by atoms with Crippen LogP contribution in [-0.2, 0) is 4.79 Å². The molecule has 1 saturated carbocycles. The number of nitrogens with one attached hydrogen (secondary N) is 1. The normalized spacial score (nSPS) is 15.9. The molecule has 1 N–H and O–H groups in total. The molecule has 2 aromatic rings. The maximum atomic E-state index is 11.9. The molecule has 1 aromatic heterocycles. The van der Waals surface area contributed by atoms with Crippen molar-refractivity contribution >= 4 is 23.6 Å². The third kappa shape index (κ3) is 4.49. The standard InChI is InChI=1S/C19H20ClNO2/c20-15-8-6-14(7-9-15)18-12-10-17(23-18)11-13-19(22)21-16-4-2-1-3-5-16/h6-13,16H,1-5H2,(H,21,22)/b13-11+. The first-order valence-corrected chi connectivity index (χ1v) is 8.43. The van der Waals surface area contributed by atoms with Crippen molar-refractivity contribution in [3.05, 3.63) is 53.3 Å². The molecule has 0 aliphatic heterocycles. The summed E-state index contributed by atoms with van der Waals surface area (Å²) in [5.41, 5.74) is 0.959. The average Bonchev–Trinajstić information content (AvgIpc) is 3.04. The van der Waals surface area contributed by atoms with Gasteiger partial charge in [0.15, 0.2) is 0 Å². The fourth-order valence-electron chi connectivity index (χ4n) is 2.87. The van der Waals surface area contributed by atoms with E-state index in [0.717, 1.165) is 24.2 Å². The van der Waals surface area contributed by atoms with Gasteiger partial charge in [-0.05, 0) is 55.3 Å². The molecule has 120 valence electrons. The Hall–Kier alpha value is -2.00. The Balaban J connectivity index is 1.59. The fraction of sp³-hybridized carbons (Fsp3) is 0.316. The van der Waals surface area contributed by atoms with E-state index in [4.69, 9.17) is 16.0 Å². The van der Waals surface area contributed by atoms with Gasteiger partial charge in [0.25, 0.3) is 0 Å². The molecule has 1 fully saturated rings. The van der Waals surface area contributed by atoms with E-state index in [1.165, 1.54) is 19.3 Å². The zero-order valence-electron chi connectivity index (χ0n) is 12.9. The van der Waals surface area contributed by atoms with Crippen molar-refractivity contribution in [2.24, 2.45) is 0 Å². The van der Waals surface area contributed by atoms with Gasteiger partial charge in [-0.1, -0.05) is 30.9 Å². The second kappa shape index (κ2) is 7.51. The lowest BCUT2D eigenvalue weighted by atomic mass is 9.95. The van der Waals surface area contributed by atoms with Crippen LogP contribution in [0.15, 0.2) is 46.9 Å². The third-order valence-corrected chi connectivity index (χ3v) is 4.36. The van der Waals surface area contributed by atoms with Crippen LogP contribution in [0.4, 0.5) is 0 Å². The second-order valence-electron chi connectivity index (χ2n) is 5.89. The summed E-state index contributed by atoms with van der Waals surface area (Å²) in [5.74, 6) is 1.36. The molecular formula is C19H20ClNO2. The van der Waals surface area contributed by atoms with E-state index < -0.39 is 0 Å². The molecule has 1 heterocycles. The van der Waals surface area contributed by atoms with Crippen LogP contribution < -0.4 is 5.32 Å². The Morgan fingerprint density at radius 2 is 1.83 bits per heavy atom. The lowest BCUT2D eigenvalue weighted by Crippen LogP contribution is -2.34. The van der Waals surface area contributed by atoms with Gasteiger partial charge in [0.05, 0.1) is 0 Å². The molecule has 1 amide bonds. The molecule has 1 aromatic carbocycles. The Morgan fingerprint density at radius 1 is 1.09 bits per heavy atom. The highest BCUT2D eigenvalue weighted by Crippen LogP contribution is 2.24. The zero-order valence-corrected chi connectivity index (χ0v) is 13.7. The Morgan fingerprint density at radius 3 is 2.57 bits per heavy atom. The number of halogens is 1. The monoisotopic (exact) mass is 329 g/mol. The van der Waals surface area contributed by atoms with E-state index in [0.29, 0.717) is 16.8 Å². The average molecular weight is 330 g/mol. The second-order valence-corrected chi connectivity index (χ2v) is 6.32. The molecule has 3 rings (SSSR count). The smallest absolute Gasteiger partial charge is 0.244 e. The Kier molecular flexibility index (Phi) is 5.19. The van der Waals surface area contributed by atoms with Gasteiger partial charge < -0.3 is 9.73 Å². The molecule has 3 nitrogen and oxygen atoms in total. The highest BCUT2D eigenvalue weighted by molar-refractivity contribution is 6.30. The molecule has 0 bridgehead atoms. The number of hydrogen-bond donors (Lipinski definition) is 1. The molecular weight excluding hydrogens is 310 g/mol. The summed E-state index contributed by atoms with van der Waals surface area (Å²) in [6, 6.07) is 11.5. The van der Waals surface area contributed by atoms with Crippen LogP contribution in [0.5, 0.6) is 0 Å². The largest absolute Gasteiger partial charge is 0.457 e. The summed E-state index contributed by atoms with van der Waals surface area (Å²) < 4.78 is 5.74. The third-order valence-electron chi connectivity index (χ3n) is 4.11. The summed E-state index contributed by atoms with van der Waals surface area (Å²) in [6.07, 6.45) is 9.11. The van der Waals surface area contributed by atoms with Crippen LogP contribution in [0.1, 0.15) is 37.9 Å². The molecule has 0 unspecified atom stereocenters. The number of furan rings is 1.